The summed E-state index contributed by atoms with van der Waals surface area (Å²) in [6.07, 6.45) is 2.77. The Bertz CT molecular complexity index is 1520. The van der Waals surface area contributed by atoms with Gasteiger partial charge in [0.15, 0.2) is 0 Å². The molecule has 0 saturated carbocycles. The number of halogens is 3. The zero-order valence-electron chi connectivity index (χ0n) is 24.5. The number of carbonyl (C=O) groups excluding carboxylic acids is 1. The zero-order chi connectivity index (χ0) is 31.1. The molecule has 0 bridgehead atoms. The molecule has 2 heterocycles. The van der Waals surface area contributed by atoms with E-state index < -0.39 is 17.2 Å². The van der Waals surface area contributed by atoms with Crippen LogP contribution in [0, 0.1) is 11.6 Å². The summed E-state index contributed by atoms with van der Waals surface area (Å²) in [6.45, 7) is 5.50. The van der Waals surface area contributed by atoms with Gasteiger partial charge in [-0.1, -0.05) is 29.8 Å². The molecular weight excluding hydrogens is 590 g/mol. The molecule has 232 valence electrons. The van der Waals surface area contributed by atoms with Gasteiger partial charge in [0.2, 0.25) is 5.91 Å². The Morgan fingerprint density at radius 2 is 1.77 bits per heavy atom. The van der Waals surface area contributed by atoms with Gasteiger partial charge in [0.25, 0.3) is 0 Å². The van der Waals surface area contributed by atoms with Gasteiger partial charge >= 0.3 is 0 Å². The average molecular weight is 625 g/mol. The van der Waals surface area contributed by atoms with E-state index in [0.29, 0.717) is 37.0 Å². The lowest BCUT2D eigenvalue weighted by molar-refractivity contribution is -0.129. The largest absolute Gasteiger partial charge is 0.492 e. The first-order valence-electron chi connectivity index (χ1n) is 14.4. The van der Waals surface area contributed by atoms with Crippen molar-refractivity contribution in [1.82, 2.24) is 24.6 Å². The summed E-state index contributed by atoms with van der Waals surface area (Å²) >= 11 is 6.10. The molecule has 1 amide bonds. The number of hydrogen-bond acceptors (Lipinski definition) is 7. The van der Waals surface area contributed by atoms with Crippen LogP contribution in [0.5, 0.6) is 5.75 Å². The van der Waals surface area contributed by atoms with Crippen LogP contribution in [0.25, 0.3) is 0 Å². The van der Waals surface area contributed by atoms with E-state index in [0.717, 1.165) is 36.5 Å². The average Bonchev–Trinajstić information content (AvgIpc) is 3.51. The molecule has 4 aromatic rings. The summed E-state index contributed by atoms with van der Waals surface area (Å²) in [5, 5.41) is 16.7. The number of ether oxygens (including phenoxy) is 1. The fourth-order valence-electron chi connectivity index (χ4n) is 5.43. The van der Waals surface area contributed by atoms with E-state index in [9.17, 15) is 14.3 Å². The number of amides is 1. The molecule has 5 rings (SSSR count). The van der Waals surface area contributed by atoms with Crippen molar-refractivity contribution in [2.45, 2.75) is 25.6 Å². The fourth-order valence-corrected chi connectivity index (χ4v) is 5.55. The molecule has 1 atom stereocenters. The highest BCUT2D eigenvalue weighted by molar-refractivity contribution is 6.30. The summed E-state index contributed by atoms with van der Waals surface area (Å²) in [5.74, 6) is -0.800. The molecule has 44 heavy (non-hydrogen) atoms. The first kappa shape index (κ1) is 31.4. The number of anilines is 1. The van der Waals surface area contributed by atoms with Crippen LogP contribution < -0.4 is 9.64 Å². The number of piperazine rings is 1. The van der Waals surface area contributed by atoms with Gasteiger partial charge in [-0.15, -0.1) is 0 Å². The third-order valence-corrected chi connectivity index (χ3v) is 7.98. The Balaban J connectivity index is 1.29. The van der Waals surface area contributed by atoms with Crippen LogP contribution in [0.15, 0.2) is 79.4 Å². The third-order valence-electron chi connectivity index (χ3n) is 7.73. The summed E-state index contributed by atoms with van der Waals surface area (Å²) in [5.41, 5.74) is 0.179. The number of nitrogens with zero attached hydrogens (tertiary/aromatic N) is 6. The van der Waals surface area contributed by atoms with Crippen molar-refractivity contribution >= 4 is 23.2 Å². The Labute approximate surface area is 260 Å². The second-order valence-electron chi connectivity index (χ2n) is 10.9. The molecule has 1 aliphatic rings. The summed E-state index contributed by atoms with van der Waals surface area (Å²) in [7, 11) is 0. The van der Waals surface area contributed by atoms with Gasteiger partial charge in [-0.05, 0) is 48.0 Å². The zero-order valence-corrected chi connectivity index (χ0v) is 25.2. The maximum Gasteiger partial charge on any atom is 0.219 e. The van der Waals surface area contributed by atoms with Crippen molar-refractivity contribution in [1.29, 1.82) is 0 Å². The highest BCUT2D eigenvalue weighted by Crippen LogP contribution is 2.29. The predicted molar refractivity (Wildman–Crippen MR) is 163 cm³/mol. The van der Waals surface area contributed by atoms with E-state index >= 15 is 4.39 Å². The first-order valence-corrected chi connectivity index (χ1v) is 14.8. The van der Waals surface area contributed by atoms with Crippen LogP contribution in [0.2, 0.25) is 5.02 Å². The molecule has 9 nitrogen and oxygen atoms in total. The quantitative estimate of drug-likeness (QED) is 0.251. The lowest BCUT2D eigenvalue weighted by Crippen LogP contribution is -2.48. The topological polar surface area (TPSA) is 87.0 Å². The summed E-state index contributed by atoms with van der Waals surface area (Å²) < 4.78 is 36.4. The highest BCUT2D eigenvalue weighted by atomic mass is 35.5. The number of aromatic nitrogens is 3. The van der Waals surface area contributed by atoms with E-state index in [1.54, 1.807) is 19.1 Å². The summed E-state index contributed by atoms with van der Waals surface area (Å²) in [6, 6.07) is 18.3. The van der Waals surface area contributed by atoms with Crippen molar-refractivity contribution in [2.75, 3.05) is 50.8 Å². The van der Waals surface area contributed by atoms with Crippen LogP contribution in [0.1, 0.15) is 18.1 Å². The van der Waals surface area contributed by atoms with Gasteiger partial charge in [-0.2, -0.15) is 5.10 Å². The monoisotopic (exact) mass is 624 g/mol. The highest BCUT2D eigenvalue weighted by Gasteiger charge is 2.35. The Kier molecular flexibility index (Phi) is 10.1. The number of aliphatic hydroxyl groups is 1. The van der Waals surface area contributed by atoms with Gasteiger partial charge in [0, 0.05) is 75.1 Å². The molecule has 0 radical (unpaired) electrons. The first-order chi connectivity index (χ1) is 21.2. The van der Waals surface area contributed by atoms with E-state index in [-0.39, 0.29) is 31.2 Å². The van der Waals surface area contributed by atoms with Crippen molar-refractivity contribution < 1.29 is 23.4 Å². The van der Waals surface area contributed by atoms with E-state index in [1.807, 2.05) is 46.2 Å². The molecule has 1 aromatic heterocycles. The van der Waals surface area contributed by atoms with Crippen LogP contribution >= 0.6 is 11.6 Å². The normalized spacial score (nSPS) is 15.0. The van der Waals surface area contributed by atoms with Gasteiger partial charge in [0.05, 0.1) is 6.54 Å². The van der Waals surface area contributed by atoms with Crippen LogP contribution in [-0.2, 0) is 23.5 Å². The molecule has 1 fully saturated rings. The van der Waals surface area contributed by atoms with Gasteiger partial charge in [-0.3, -0.25) is 9.69 Å². The second kappa shape index (κ2) is 14.1. The summed E-state index contributed by atoms with van der Waals surface area (Å²) in [4.78, 5) is 21.6. The maximum absolute atomic E-state index is 15.1. The predicted octanol–water partition coefficient (Wildman–Crippen LogP) is 4.35. The minimum Gasteiger partial charge on any atom is -0.492 e. The lowest BCUT2D eigenvalue weighted by Gasteiger charge is -2.35. The Hall–Kier alpha value is -4.06. The molecule has 1 unspecified atom stereocenters. The SMILES string of the molecule is CC(=O)N1CCN(c2ccc(OCCN(Cc3ccc(Cl)cc3)CC(O)(Cn3cncn3)c3ccc(F)cc3F)cc2)CC1. The minimum absolute atomic E-state index is 0.00736. The third kappa shape index (κ3) is 8.10. The molecule has 0 aliphatic carbocycles. The number of benzene rings is 3. The van der Waals surface area contributed by atoms with Crippen molar-refractivity contribution in [2.24, 2.45) is 0 Å². The minimum atomic E-state index is -1.77. The van der Waals surface area contributed by atoms with Crippen molar-refractivity contribution in [3.8, 4) is 5.75 Å². The number of hydrogen-bond donors (Lipinski definition) is 1. The van der Waals surface area contributed by atoms with Gasteiger partial charge < -0.3 is 19.6 Å². The fraction of sp³-hybridized carbons (Fsp3) is 0.344. The molecule has 12 heteroatoms. The van der Waals surface area contributed by atoms with Gasteiger partial charge in [0.1, 0.15) is 42.2 Å². The van der Waals surface area contributed by atoms with E-state index in [2.05, 4.69) is 15.0 Å². The van der Waals surface area contributed by atoms with Crippen LogP contribution in [0.4, 0.5) is 14.5 Å². The number of carbonyl (C=O) groups is 1. The molecule has 1 saturated heterocycles. The lowest BCUT2D eigenvalue weighted by atomic mass is 9.92. The van der Waals surface area contributed by atoms with Crippen LogP contribution in [0.3, 0.4) is 0 Å². The van der Waals surface area contributed by atoms with E-state index in [1.165, 1.54) is 23.4 Å². The Morgan fingerprint density at radius 1 is 1.05 bits per heavy atom. The van der Waals surface area contributed by atoms with Gasteiger partial charge in [-0.25, -0.2) is 18.4 Å². The van der Waals surface area contributed by atoms with Crippen molar-refractivity contribution in [3.05, 3.63) is 107 Å². The number of rotatable bonds is 12. The molecule has 3 aromatic carbocycles. The molecule has 1 aliphatic heterocycles. The standard InChI is InChI=1S/C32H35ClF2N6O3/c1-24(42)39-12-14-40(15-13-39)28-7-9-29(10-8-28)44-17-16-38(19-25-2-4-26(33)5-3-25)20-32(43,21-41-23-36-22-37-41)30-11-6-27(34)18-31(30)35/h2-11,18,22-23,43H,12-17,19-21H2,1H3. The maximum atomic E-state index is 15.1. The Morgan fingerprint density at radius 3 is 2.41 bits per heavy atom. The van der Waals surface area contributed by atoms with Crippen LogP contribution in [-0.4, -0.2) is 81.5 Å². The molecule has 1 N–H and O–H groups in total. The van der Waals surface area contributed by atoms with E-state index in [4.69, 9.17) is 16.3 Å². The molecular formula is C32H35ClF2N6O3. The second-order valence-corrected chi connectivity index (χ2v) is 11.4. The molecule has 0 spiro atoms. The smallest absolute Gasteiger partial charge is 0.219 e. The van der Waals surface area contributed by atoms with Crippen molar-refractivity contribution in [3.63, 3.8) is 0 Å².